The second-order valence-corrected chi connectivity index (χ2v) is 16.8. The molecule has 1 fully saturated rings. The lowest BCUT2D eigenvalue weighted by Crippen LogP contribution is -2.39. The number of halogens is 1. The van der Waals surface area contributed by atoms with Gasteiger partial charge in [-0.15, -0.1) is 0 Å². The molecular formula is C41H62FN6O9P. The van der Waals surface area contributed by atoms with Gasteiger partial charge in [0.15, 0.2) is 5.82 Å². The summed E-state index contributed by atoms with van der Waals surface area (Å²) < 4.78 is 50.8. The van der Waals surface area contributed by atoms with Crippen molar-refractivity contribution in [2.75, 3.05) is 25.5 Å². The molecule has 322 valence electrons. The number of aliphatic hydroxyl groups excluding tert-OH is 2. The first-order chi connectivity index (χ1) is 27.9. The normalized spacial score (nSPS) is 20.9. The number of phosphoric acid groups is 1. The van der Waals surface area contributed by atoms with Crippen molar-refractivity contribution in [3.05, 3.63) is 59.3 Å². The van der Waals surface area contributed by atoms with Gasteiger partial charge in [-0.05, 0) is 49.2 Å². The summed E-state index contributed by atoms with van der Waals surface area (Å²) in [5.41, 5.74) is 5.68. The zero-order chi connectivity index (χ0) is 42.0. The van der Waals surface area contributed by atoms with Crippen LogP contribution in [0.2, 0.25) is 0 Å². The molecule has 1 aromatic carbocycles. The van der Waals surface area contributed by atoms with Crippen molar-refractivity contribution >= 4 is 25.1 Å². The van der Waals surface area contributed by atoms with Crippen molar-refractivity contribution in [1.82, 2.24) is 19.9 Å². The Labute approximate surface area is 341 Å². The number of nitrogens with zero attached hydrogens (tertiary/aromatic N) is 4. The van der Waals surface area contributed by atoms with Gasteiger partial charge in [0.05, 0.1) is 43.3 Å². The molecule has 0 bridgehead atoms. The van der Waals surface area contributed by atoms with E-state index in [9.17, 15) is 34.1 Å². The molecule has 17 heteroatoms. The monoisotopic (exact) mass is 832 g/mol. The zero-order valence-electron chi connectivity index (χ0n) is 33.9. The van der Waals surface area contributed by atoms with Crippen LogP contribution in [-0.2, 0) is 40.1 Å². The number of amides is 1. The Kier molecular flexibility index (Phi) is 19.4. The number of aromatic nitrogens is 3. The number of nitriles is 1. The van der Waals surface area contributed by atoms with E-state index >= 15 is 0 Å². The summed E-state index contributed by atoms with van der Waals surface area (Å²) in [6.07, 6.45) is 14.6. The van der Waals surface area contributed by atoms with E-state index in [0.29, 0.717) is 23.2 Å². The van der Waals surface area contributed by atoms with E-state index in [-0.39, 0.29) is 30.4 Å². The molecule has 4 rings (SSSR count). The quantitative estimate of drug-likeness (QED) is 0.0378. The highest BCUT2D eigenvalue weighted by Gasteiger charge is 2.54. The minimum atomic E-state index is -4.81. The van der Waals surface area contributed by atoms with E-state index in [0.717, 1.165) is 31.7 Å². The van der Waals surface area contributed by atoms with Crippen LogP contribution in [-0.4, -0.2) is 79.8 Å². The maximum atomic E-state index is 14.1. The van der Waals surface area contributed by atoms with Gasteiger partial charge in [0, 0.05) is 13.0 Å². The van der Waals surface area contributed by atoms with Crippen LogP contribution in [0.4, 0.5) is 10.2 Å². The van der Waals surface area contributed by atoms with Gasteiger partial charge in [0.25, 0.3) is 0 Å². The maximum absolute atomic E-state index is 14.1. The van der Waals surface area contributed by atoms with Crippen molar-refractivity contribution in [3.8, 4) is 6.07 Å². The lowest BCUT2D eigenvalue weighted by molar-refractivity contribution is -0.122. The van der Waals surface area contributed by atoms with Gasteiger partial charge in [-0.3, -0.25) is 13.8 Å². The Bertz CT molecular complexity index is 1810. The predicted octanol–water partition coefficient (Wildman–Crippen LogP) is 6.75. The number of phosphoric ester groups is 1. The van der Waals surface area contributed by atoms with Gasteiger partial charge in [-0.1, -0.05) is 96.8 Å². The Morgan fingerprint density at radius 1 is 1.03 bits per heavy atom. The van der Waals surface area contributed by atoms with Crippen molar-refractivity contribution < 1.29 is 47.4 Å². The maximum Gasteiger partial charge on any atom is 0.472 e. The summed E-state index contributed by atoms with van der Waals surface area (Å²) in [7, 11) is -4.81. The fraction of sp³-hybridized carbons (Fsp3) is 0.659. The topological polar surface area (TPSA) is 224 Å². The first kappa shape index (κ1) is 47.2. The molecule has 1 amide bonds. The van der Waals surface area contributed by atoms with Crippen LogP contribution in [0.3, 0.4) is 0 Å². The molecule has 58 heavy (non-hydrogen) atoms. The van der Waals surface area contributed by atoms with E-state index in [1.54, 1.807) is 12.1 Å². The summed E-state index contributed by atoms with van der Waals surface area (Å²) >= 11 is 0. The molecule has 0 spiro atoms. The third-order valence-corrected chi connectivity index (χ3v) is 11.5. The Morgan fingerprint density at radius 2 is 1.67 bits per heavy atom. The van der Waals surface area contributed by atoms with Gasteiger partial charge in [-0.2, -0.15) is 10.4 Å². The highest BCUT2D eigenvalue weighted by molar-refractivity contribution is 7.47. The van der Waals surface area contributed by atoms with E-state index in [4.69, 9.17) is 24.3 Å². The molecule has 1 aliphatic heterocycles. The third kappa shape index (κ3) is 14.6. The van der Waals surface area contributed by atoms with Crippen molar-refractivity contribution in [2.24, 2.45) is 0 Å². The first-order valence-electron chi connectivity index (χ1n) is 20.7. The molecule has 15 nitrogen and oxygen atoms in total. The molecule has 0 saturated carbocycles. The molecule has 2 aromatic heterocycles. The molecule has 1 unspecified atom stereocenters. The Morgan fingerprint density at radius 3 is 2.31 bits per heavy atom. The number of anilines is 1. The number of carbonyl (C=O) groups is 1. The average molecular weight is 833 g/mol. The van der Waals surface area contributed by atoms with Gasteiger partial charge in [0.1, 0.15) is 41.6 Å². The number of benzene rings is 1. The molecule has 0 aliphatic carbocycles. The number of nitrogens with two attached hydrogens (primary N) is 1. The lowest BCUT2D eigenvalue weighted by Gasteiger charge is -2.27. The molecule has 1 saturated heterocycles. The minimum Gasteiger partial charge on any atom is -0.387 e. The molecule has 0 radical (unpaired) electrons. The Hall–Kier alpha value is -3.52. The summed E-state index contributed by atoms with van der Waals surface area (Å²) in [5.74, 6) is -0.653. The van der Waals surface area contributed by atoms with Crippen molar-refractivity contribution in [2.45, 2.75) is 153 Å². The molecule has 3 aromatic rings. The van der Waals surface area contributed by atoms with Crippen LogP contribution in [0.1, 0.15) is 133 Å². The van der Waals surface area contributed by atoms with Crippen molar-refractivity contribution in [1.29, 1.82) is 5.26 Å². The molecule has 6 atom stereocenters. The fourth-order valence-electron chi connectivity index (χ4n) is 7.19. The second-order valence-electron chi connectivity index (χ2n) is 15.3. The summed E-state index contributed by atoms with van der Waals surface area (Å²) in [6.45, 7) is 2.35. The number of fused-ring (bicyclic) bond motifs is 1. The molecule has 1 aliphatic rings. The second kappa shape index (κ2) is 23.9. The zero-order valence-corrected chi connectivity index (χ0v) is 34.8. The van der Waals surface area contributed by atoms with E-state index in [1.165, 1.54) is 101 Å². The number of hydrogen-bond donors (Lipinski definition) is 5. The van der Waals surface area contributed by atoms with Gasteiger partial charge < -0.3 is 35.6 Å². The van der Waals surface area contributed by atoms with Crippen LogP contribution in [0.15, 0.2) is 36.7 Å². The highest BCUT2D eigenvalue weighted by atomic mass is 31.2. The van der Waals surface area contributed by atoms with E-state index < -0.39 is 56.9 Å². The largest absolute Gasteiger partial charge is 0.472 e. The van der Waals surface area contributed by atoms with Crippen LogP contribution >= 0.6 is 7.82 Å². The van der Waals surface area contributed by atoms with Gasteiger partial charge in [-0.25, -0.2) is 18.5 Å². The van der Waals surface area contributed by atoms with Crippen LogP contribution < -0.4 is 11.1 Å². The fourth-order valence-corrected chi connectivity index (χ4v) is 7.95. The number of rotatable bonds is 28. The number of ether oxygens (including phenoxy) is 2. The summed E-state index contributed by atoms with van der Waals surface area (Å²) in [6, 6.07) is 8.86. The smallest absolute Gasteiger partial charge is 0.387 e. The first-order valence-corrected chi connectivity index (χ1v) is 22.2. The van der Waals surface area contributed by atoms with Gasteiger partial charge in [0.2, 0.25) is 5.91 Å². The predicted molar refractivity (Wildman–Crippen MR) is 216 cm³/mol. The minimum absolute atomic E-state index is 0.0909. The molecule has 6 N–H and O–H groups in total. The third-order valence-electron chi connectivity index (χ3n) is 10.6. The summed E-state index contributed by atoms with van der Waals surface area (Å²) in [5, 5.41) is 38.0. The van der Waals surface area contributed by atoms with Crippen molar-refractivity contribution in [3.63, 3.8) is 0 Å². The molecular weight excluding hydrogens is 770 g/mol. The van der Waals surface area contributed by atoms with Gasteiger partial charge >= 0.3 is 7.82 Å². The highest BCUT2D eigenvalue weighted by Crippen LogP contribution is 2.46. The number of nitrogens with one attached hydrogen (secondary N) is 1. The lowest BCUT2D eigenvalue weighted by atomic mass is 9.93. The van der Waals surface area contributed by atoms with Crippen LogP contribution in [0.5, 0.6) is 0 Å². The number of unbranched alkanes of at least 4 members (excludes halogenated alkanes) is 14. The summed E-state index contributed by atoms with van der Waals surface area (Å²) in [4.78, 5) is 27.2. The van der Waals surface area contributed by atoms with E-state index in [1.807, 2.05) is 6.07 Å². The van der Waals surface area contributed by atoms with E-state index in [2.05, 4.69) is 22.3 Å². The number of carbonyl (C=O) groups excluding carboxylic acids is 1. The SMILES string of the molecule is CCCCCCCCCCCCCCCCCC(=O)NC[C@H](COP(=O)(O)OC[C@H]1O[C@@](C)(c2ccc3c(N)ncnn23)[C@H](O)[C@@H]1O)OCc1cc(F)cc(C#N)c1. The molecule has 3 heterocycles. The Balaban J connectivity index is 1.21. The number of aliphatic hydroxyl groups is 2. The standard InChI is InChI=1S/C41H62FN6O9P/c1-3-4-5-6-7-8-9-10-11-12-13-14-15-16-17-18-37(49)45-25-33(54-26-31-21-30(24-43)22-32(42)23-31)27-55-58(52,53)56-28-35-38(50)39(51)41(2,57-35)36-20-19-34-40(44)46-29-47-48(34)36/h19-23,29,33,35,38-39,50-51H,3-18,25-28H2,1-2H3,(H,45,49)(H,52,53)(H2,44,46,47)/t33-,35-,38-,39-,41+/m1/s1. The number of hydrogen-bond acceptors (Lipinski definition) is 12. The van der Waals surface area contributed by atoms with Crippen LogP contribution in [0, 0.1) is 17.1 Å². The van der Waals surface area contributed by atoms with Crippen LogP contribution in [0.25, 0.3) is 5.52 Å². The average Bonchev–Trinajstić information content (AvgIpc) is 3.74. The number of nitrogen functional groups attached to an aromatic ring is 1.